The Balaban J connectivity index is 2.31. The molecule has 0 radical (unpaired) electrons. The smallest absolute Gasteiger partial charge is 0.256 e. The molecule has 2 aromatic rings. The molecule has 19 heavy (non-hydrogen) atoms. The predicted octanol–water partition coefficient (Wildman–Crippen LogP) is 4.14. The summed E-state index contributed by atoms with van der Waals surface area (Å²) in [7, 11) is 0. The lowest BCUT2D eigenvalue weighted by Gasteiger charge is -2.10. The topological polar surface area (TPSA) is 55.1 Å². The van der Waals surface area contributed by atoms with Crippen LogP contribution in [0.25, 0.3) is 0 Å². The van der Waals surface area contributed by atoms with Crippen LogP contribution >= 0.6 is 23.2 Å². The third-order valence-corrected chi connectivity index (χ3v) is 3.36. The van der Waals surface area contributed by atoms with Crippen molar-refractivity contribution in [3.8, 4) is 0 Å². The average Bonchev–Trinajstić information content (AvgIpc) is 2.37. The Hall–Kier alpha value is -1.71. The van der Waals surface area contributed by atoms with Gasteiger partial charge in [0.15, 0.2) is 0 Å². The number of carbonyl (C=O) groups excluding carboxylic acids is 1. The number of hydrogen-bond acceptors (Lipinski definition) is 2. The van der Waals surface area contributed by atoms with Crippen molar-refractivity contribution >= 4 is 40.5 Å². The van der Waals surface area contributed by atoms with E-state index < -0.39 is 0 Å². The standard InChI is InChI=1S/C14H12Cl2N2O/c1-8-10(3-2-4-12(8)17)14(19)18-13-7-9(15)5-6-11(13)16/h2-7H,17H2,1H3,(H,18,19). The summed E-state index contributed by atoms with van der Waals surface area (Å²) < 4.78 is 0. The number of rotatable bonds is 2. The summed E-state index contributed by atoms with van der Waals surface area (Å²) in [6.45, 7) is 1.80. The minimum absolute atomic E-state index is 0.269. The molecule has 1 amide bonds. The number of nitrogen functional groups attached to an aromatic ring is 1. The van der Waals surface area contributed by atoms with Gasteiger partial charge in [0.2, 0.25) is 0 Å². The van der Waals surface area contributed by atoms with E-state index in [-0.39, 0.29) is 5.91 Å². The van der Waals surface area contributed by atoms with Crippen molar-refractivity contribution in [2.75, 3.05) is 11.1 Å². The van der Waals surface area contributed by atoms with E-state index in [0.717, 1.165) is 5.56 Å². The monoisotopic (exact) mass is 294 g/mol. The third-order valence-electron chi connectivity index (χ3n) is 2.80. The van der Waals surface area contributed by atoms with Crippen LogP contribution in [0.3, 0.4) is 0 Å². The van der Waals surface area contributed by atoms with E-state index in [2.05, 4.69) is 5.32 Å². The van der Waals surface area contributed by atoms with Crippen LogP contribution in [0.1, 0.15) is 15.9 Å². The average molecular weight is 295 g/mol. The minimum Gasteiger partial charge on any atom is -0.398 e. The summed E-state index contributed by atoms with van der Waals surface area (Å²) in [5.41, 5.74) is 8.07. The van der Waals surface area contributed by atoms with Crippen molar-refractivity contribution < 1.29 is 4.79 Å². The number of halogens is 2. The van der Waals surface area contributed by atoms with Crippen LogP contribution in [0.4, 0.5) is 11.4 Å². The normalized spacial score (nSPS) is 10.3. The highest BCUT2D eigenvalue weighted by Crippen LogP contribution is 2.26. The molecular formula is C14H12Cl2N2O. The summed E-state index contributed by atoms with van der Waals surface area (Å²) >= 11 is 11.9. The first-order valence-corrected chi connectivity index (χ1v) is 6.36. The molecule has 0 aromatic heterocycles. The van der Waals surface area contributed by atoms with E-state index in [1.807, 2.05) is 0 Å². The molecule has 0 bridgehead atoms. The molecule has 3 N–H and O–H groups in total. The van der Waals surface area contributed by atoms with Gasteiger partial charge in [-0.25, -0.2) is 0 Å². The summed E-state index contributed by atoms with van der Waals surface area (Å²) in [6, 6.07) is 10.1. The van der Waals surface area contributed by atoms with Crippen LogP contribution in [0.2, 0.25) is 10.0 Å². The van der Waals surface area contributed by atoms with Gasteiger partial charge < -0.3 is 11.1 Å². The summed E-state index contributed by atoms with van der Waals surface area (Å²) in [5.74, 6) is -0.269. The highest BCUT2D eigenvalue weighted by molar-refractivity contribution is 6.35. The summed E-state index contributed by atoms with van der Waals surface area (Å²) in [6.07, 6.45) is 0. The van der Waals surface area contributed by atoms with Gasteiger partial charge in [-0.15, -0.1) is 0 Å². The van der Waals surface area contributed by atoms with Crippen molar-refractivity contribution in [3.63, 3.8) is 0 Å². The molecule has 0 atom stereocenters. The SMILES string of the molecule is Cc1c(N)cccc1C(=O)Nc1cc(Cl)ccc1Cl. The van der Waals surface area contributed by atoms with Crippen LogP contribution < -0.4 is 11.1 Å². The second-order valence-electron chi connectivity index (χ2n) is 4.10. The van der Waals surface area contributed by atoms with Crippen LogP contribution in [0, 0.1) is 6.92 Å². The van der Waals surface area contributed by atoms with Crippen LogP contribution in [-0.4, -0.2) is 5.91 Å². The molecule has 0 aliphatic rings. The van der Waals surface area contributed by atoms with Gasteiger partial charge in [-0.1, -0.05) is 29.3 Å². The molecule has 2 rings (SSSR count). The Labute approximate surface area is 121 Å². The van der Waals surface area contributed by atoms with Gasteiger partial charge in [-0.3, -0.25) is 4.79 Å². The van der Waals surface area contributed by atoms with Crippen LogP contribution in [-0.2, 0) is 0 Å². The first kappa shape index (κ1) is 13.7. The van der Waals surface area contributed by atoms with Gasteiger partial charge in [0.25, 0.3) is 5.91 Å². The Morgan fingerprint density at radius 3 is 2.68 bits per heavy atom. The van der Waals surface area contributed by atoms with Gasteiger partial charge in [-0.2, -0.15) is 0 Å². The van der Waals surface area contributed by atoms with E-state index in [1.165, 1.54) is 0 Å². The molecule has 3 nitrogen and oxygen atoms in total. The Morgan fingerprint density at radius 2 is 1.95 bits per heavy atom. The second-order valence-corrected chi connectivity index (χ2v) is 4.94. The van der Waals surface area contributed by atoms with Crippen LogP contribution in [0.15, 0.2) is 36.4 Å². The highest BCUT2D eigenvalue weighted by atomic mass is 35.5. The molecule has 0 saturated heterocycles. The minimum atomic E-state index is -0.269. The molecule has 98 valence electrons. The van der Waals surface area contributed by atoms with Crippen molar-refractivity contribution in [1.82, 2.24) is 0 Å². The fourth-order valence-corrected chi connectivity index (χ4v) is 2.02. The molecule has 2 aromatic carbocycles. The first-order valence-electron chi connectivity index (χ1n) is 5.60. The lowest BCUT2D eigenvalue weighted by molar-refractivity contribution is 0.102. The van der Waals surface area contributed by atoms with Crippen molar-refractivity contribution in [1.29, 1.82) is 0 Å². The van der Waals surface area contributed by atoms with Gasteiger partial charge in [0.05, 0.1) is 10.7 Å². The number of amides is 1. The number of carbonyl (C=O) groups is 1. The molecule has 0 aliphatic heterocycles. The largest absolute Gasteiger partial charge is 0.398 e. The molecule has 0 heterocycles. The van der Waals surface area contributed by atoms with Crippen LogP contribution in [0.5, 0.6) is 0 Å². The van der Waals surface area contributed by atoms with Gasteiger partial charge >= 0.3 is 0 Å². The Bertz CT molecular complexity index is 641. The van der Waals surface area contributed by atoms with E-state index in [0.29, 0.717) is 27.0 Å². The number of benzene rings is 2. The molecular weight excluding hydrogens is 283 g/mol. The van der Waals surface area contributed by atoms with Crippen molar-refractivity contribution in [3.05, 3.63) is 57.6 Å². The number of anilines is 2. The van der Waals surface area contributed by atoms with Gasteiger partial charge in [0, 0.05) is 16.3 Å². The van der Waals surface area contributed by atoms with E-state index in [4.69, 9.17) is 28.9 Å². The highest BCUT2D eigenvalue weighted by Gasteiger charge is 2.12. The van der Waals surface area contributed by atoms with E-state index in [9.17, 15) is 4.79 Å². The second kappa shape index (κ2) is 5.51. The maximum Gasteiger partial charge on any atom is 0.256 e. The zero-order valence-corrected chi connectivity index (χ0v) is 11.7. The quantitative estimate of drug-likeness (QED) is 0.818. The third kappa shape index (κ3) is 3.00. The summed E-state index contributed by atoms with van der Waals surface area (Å²) in [5, 5.41) is 3.66. The van der Waals surface area contributed by atoms with Crippen molar-refractivity contribution in [2.24, 2.45) is 0 Å². The Morgan fingerprint density at radius 1 is 1.21 bits per heavy atom. The van der Waals surface area contributed by atoms with E-state index >= 15 is 0 Å². The lowest BCUT2D eigenvalue weighted by Crippen LogP contribution is -2.14. The first-order chi connectivity index (χ1) is 8.99. The molecule has 5 heteroatoms. The number of nitrogens with one attached hydrogen (secondary N) is 1. The van der Waals surface area contributed by atoms with E-state index in [1.54, 1.807) is 43.3 Å². The fourth-order valence-electron chi connectivity index (χ4n) is 1.68. The van der Waals surface area contributed by atoms with Gasteiger partial charge in [-0.05, 0) is 42.8 Å². The fraction of sp³-hybridized carbons (Fsp3) is 0.0714. The molecule has 0 saturated carbocycles. The lowest BCUT2D eigenvalue weighted by atomic mass is 10.1. The molecule has 0 fully saturated rings. The number of hydrogen-bond donors (Lipinski definition) is 2. The maximum atomic E-state index is 12.2. The molecule has 0 unspecified atom stereocenters. The Kier molecular flexibility index (Phi) is 3.98. The van der Waals surface area contributed by atoms with Gasteiger partial charge in [0.1, 0.15) is 0 Å². The predicted molar refractivity (Wildman–Crippen MR) is 80.0 cm³/mol. The molecule has 0 aliphatic carbocycles. The summed E-state index contributed by atoms with van der Waals surface area (Å²) in [4.78, 5) is 12.2. The maximum absolute atomic E-state index is 12.2. The zero-order valence-electron chi connectivity index (χ0n) is 10.2. The van der Waals surface area contributed by atoms with Crippen molar-refractivity contribution in [2.45, 2.75) is 6.92 Å². The molecule has 0 spiro atoms. The zero-order chi connectivity index (χ0) is 14.0. The number of nitrogens with two attached hydrogens (primary N) is 1.